The molecule has 0 bridgehead atoms. The Morgan fingerprint density at radius 3 is 2.61 bits per heavy atom. The molecule has 23 heavy (non-hydrogen) atoms. The number of hydrogen-bond donors (Lipinski definition) is 1. The van der Waals surface area contributed by atoms with E-state index in [2.05, 4.69) is 21.0 Å². The fourth-order valence-corrected chi connectivity index (χ4v) is 3.08. The fourth-order valence-electron chi connectivity index (χ4n) is 2.69. The molecule has 1 aromatic carbocycles. The van der Waals surface area contributed by atoms with Crippen molar-refractivity contribution in [3.05, 3.63) is 46.7 Å². The van der Waals surface area contributed by atoms with Crippen LogP contribution in [-0.2, 0) is 4.79 Å². The maximum atomic E-state index is 12.5. The van der Waals surface area contributed by atoms with Gasteiger partial charge in [-0.25, -0.2) is 4.68 Å². The van der Waals surface area contributed by atoms with Crippen molar-refractivity contribution in [3.63, 3.8) is 0 Å². The smallest absolute Gasteiger partial charge is 0.306 e. The zero-order chi connectivity index (χ0) is 16.4. The highest BCUT2D eigenvalue weighted by molar-refractivity contribution is 9.10. The van der Waals surface area contributed by atoms with Gasteiger partial charge in [0, 0.05) is 23.8 Å². The van der Waals surface area contributed by atoms with Crippen LogP contribution in [0.1, 0.15) is 23.3 Å². The lowest BCUT2D eigenvalue weighted by Crippen LogP contribution is -2.40. The van der Waals surface area contributed by atoms with Crippen molar-refractivity contribution in [2.45, 2.75) is 12.8 Å². The van der Waals surface area contributed by atoms with Crippen LogP contribution in [0.25, 0.3) is 5.69 Å². The quantitative estimate of drug-likeness (QED) is 0.891. The number of nitrogens with zero attached hydrogens (tertiary/aromatic N) is 3. The second-order valence-electron chi connectivity index (χ2n) is 5.53. The van der Waals surface area contributed by atoms with Gasteiger partial charge in [0.05, 0.1) is 11.6 Å². The summed E-state index contributed by atoms with van der Waals surface area (Å²) in [7, 11) is 0. The fraction of sp³-hybridized carbons (Fsp3) is 0.312. The number of benzene rings is 1. The van der Waals surface area contributed by atoms with E-state index in [4.69, 9.17) is 5.11 Å². The number of aliphatic carboxylic acids is 1. The van der Waals surface area contributed by atoms with E-state index in [9.17, 15) is 9.59 Å². The van der Waals surface area contributed by atoms with Crippen molar-refractivity contribution < 1.29 is 14.7 Å². The molecule has 0 saturated carbocycles. The molecule has 1 saturated heterocycles. The second-order valence-corrected chi connectivity index (χ2v) is 6.45. The Hall–Kier alpha value is -2.15. The summed E-state index contributed by atoms with van der Waals surface area (Å²) < 4.78 is 2.59. The minimum Gasteiger partial charge on any atom is -0.481 e. The molecule has 6 nitrogen and oxygen atoms in total. The Balaban J connectivity index is 1.71. The van der Waals surface area contributed by atoms with Crippen molar-refractivity contribution in [2.75, 3.05) is 13.1 Å². The lowest BCUT2D eigenvalue weighted by atomic mass is 9.97. The molecule has 1 aliphatic heterocycles. The lowest BCUT2D eigenvalue weighted by Gasteiger charge is -2.29. The highest BCUT2D eigenvalue weighted by Gasteiger charge is 2.28. The largest absolute Gasteiger partial charge is 0.481 e. The number of carbonyl (C=O) groups is 2. The first kappa shape index (κ1) is 15.7. The molecule has 2 heterocycles. The molecule has 1 amide bonds. The molecule has 2 aromatic rings. The van der Waals surface area contributed by atoms with Gasteiger partial charge in [0.25, 0.3) is 5.91 Å². The first-order valence-electron chi connectivity index (χ1n) is 7.38. The zero-order valence-corrected chi connectivity index (χ0v) is 13.9. The van der Waals surface area contributed by atoms with Crippen LogP contribution in [0.3, 0.4) is 0 Å². The van der Waals surface area contributed by atoms with E-state index in [0.29, 0.717) is 31.6 Å². The molecular weight excluding hydrogens is 362 g/mol. The molecule has 0 unspecified atom stereocenters. The maximum Gasteiger partial charge on any atom is 0.306 e. The second kappa shape index (κ2) is 6.54. The van der Waals surface area contributed by atoms with E-state index in [0.717, 1.165) is 10.2 Å². The Morgan fingerprint density at radius 2 is 1.96 bits per heavy atom. The van der Waals surface area contributed by atoms with Crippen LogP contribution in [0.2, 0.25) is 0 Å². The van der Waals surface area contributed by atoms with Crippen molar-refractivity contribution in [3.8, 4) is 5.69 Å². The molecule has 1 aliphatic rings. The van der Waals surface area contributed by atoms with Gasteiger partial charge >= 0.3 is 5.97 Å². The summed E-state index contributed by atoms with van der Waals surface area (Å²) in [6.45, 7) is 0.916. The van der Waals surface area contributed by atoms with Crippen molar-refractivity contribution in [2.24, 2.45) is 5.92 Å². The molecule has 0 aliphatic carbocycles. The van der Waals surface area contributed by atoms with Crippen LogP contribution < -0.4 is 0 Å². The number of aromatic nitrogens is 2. The predicted molar refractivity (Wildman–Crippen MR) is 87.5 cm³/mol. The van der Waals surface area contributed by atoms with Crippen molar-refractivity contribution in [1.82, 2.24) is 14.7 Å². The normalized spacial score (nSPS) is 15.6. The van der Waals surface area contributed by atoms with E-state index < -0.39 is 5.97 Å². The average Bonchev–Trinajstić information content (AvgIpc) is 3.04. The Bertz CT molecular complexity index is 736. The molecule has 0 radical (unpaired) electrons. The number of halogens is 1. The summed E-state index contributed by atoms with van der Waals surface area (Å²) in [5.74, 6) is -1.28. The number of carboxylic acids is 1. The lowest BCUT2D eigenvalue weighted by molar-refractivity contribution is -0.143. The number of rotatable bonds is 3. The Morgan fingerprint density at radius 1 is 1.22 bits per heavy atom. The van der Waals surface area contributed by atoms with Gasteiger partial charge in [-0.3, -0.25) is 9.59 Å². The summed E-state index contributed by atoms with van der Waals surface area (Å²) in [4.78, 5) is 25.1. The van der Waals surface area contributed by atoms with E-state index in [1.807, 2.05) is 24.3 Å². The average molecular weight is 378 g/mol. The van der Waals surface area contributed by atoms with Crippen LogP contribution >= 0.6 is 15.9 Å². The number of carbonyl (C=O) groups excluding carboxylic acids is 1. The third-order valence-corrected chi connectivity index (χ3v) is 4.51. The summed E-state index contributed by atoms with van der Waals surface area (Å²) in [5, 5.41) is 13.3. The molecule has 120 valence electrons. The number of amides is 1. The SMILES string of the molecule is O=C(O)C1CCN(C(=O)c2ccn(-c3cccc(Br)c3)n2)CC1. The standard InChI is InChI=1S/C16H16BrN3O3/c17-12-2-1-3-13(10-12)20-9-6-14(18-20)15(21)19-7-4-11(5-8-19)16(22)23/h1-3,6,9-11H,4-5,7-8H2,(H,22,23). The van der Waals surface area contributed by atoms with Gasteiger partial charge in [-0.05, 0) is 37.1 Å². The van der Waals surface area contributed by atoms with E-state index in [1.165, 1.54) is 0 Å². The molecule has 1 N–H and O–H groups in total. The van der Waals surface area contributed by atoms with Crippen molar-refractivity contribution >= 4 is 27.8 Å². The Labute approximate surface area is 141 Å². The van der Waals surface area contributed by atoms with Gasteiger partial charge < -0.3 is 10.0 Å². The van der Waals surface area contributed by atoms with Crippen LogP contribution in [0.15, 0.2) is 41.0 Å². The van der Waals surface area contributed by atoms with Gasteiger partial charge in [0.1, 0.15) is 0 Å². The highest BCUT2D eigenvalue weighted by Crippen LogP contribution is 2.20. The number of hydrogen-bond acceptors (Lipinski definition) is 3. The minimum absolute atomic E-state index is 0.150. The number of likely N-dealkylation sites (tertiary alicyclic amines) is 1. The summed E-state index contributed by atoms with van der Waals surface area (Å²) >= 11 is 3.41. The van der Waals surface area contributed by atoms with Gasteiger partial charge in [-0.2, -0.15) is 5.10 Å². The third kappa shape index (κ3) is 3.44. The highest BCUT2D eigenvalue weighted by atomic mass is 79.9. The van der Waals surface area contributed by atoms with Crippen molar-refractivity contribution in [1.29, 1.82) is 0 Å². The van der Waals surface area contributed by atoms with Crippen LogP contribution in [0.5, 0.6) is 0 Å². The topological polar surface area (TPSA) is 75.4 Å². The molecule has 1 aromatic heterocycles. The van der Waals surface area contributed by atoms with Crippen LogP contribution in [-0.4, -0.2) is 44.8 Å². The first-order valence-corrected chi connectivity index (χ1v) is 8.17. The molecule has 7 heteroatoms. The summed E-state index contributed by atoms with van der Waals surface area (Å²) in [5.41, 5.74) is 1.24. The van der Waals surface area contributed by atoms with Gasteiger partial charge in [-0.1, -0.05) is 22.0 Å². The summed E-state index contributed by atoms with van der Waals surface area (Å²) in [6.07, 6.45) is 2.74. The van der Waals surface area contributed by atoms with Crippen LogP contribution in [0.4, 0.5) is 0 Å². The molecule has 0 spiro atoms. The minimum atomic E-state index is -0.781. The van der Waals surface area contributed by atoms with Crippen LogP contribution in [0, 0.1) is 5.92 Å². The van der Waals surface area contributed by atoms with E-state index in [1.54, 1.807) is 21.8 Å². The maximum absolute atomic E-state index is 12.5. The monoisotopic (exact) mass is 377 g/mol. The van der Waals surface area contributed by atoms with Gasteiger partial charge in [-0.15, -0.1) is 0 Å². The molecule has 3 rings (SSSR count). The third-order valence-electron chi connectivity index (χ3n) is 4.01. The number of piperidine rings is 1. The predicted octanol–water partition coefficient (Wildman–Crippen LogP) is 2.57. The van der Waals surface area contributed by atoms with Gasteiger partial charge in [0.15, 0.2) is 5.69 Å². The zero-order valence-electron chi connectivity index (χ0n) is 12.4. The Kier molecular flexibility index (Phi) is 4.47. The van der Waals surface area contributed by atoms with E-state index >= 15 is 0 Å². The first-order chi connectivity index (χ1) is 11.0. The molecule has 1 fully saturated rings. The molecule has 0 atom stereocenters. The molecular formula is C16H16BrN3O3. The van der Waals surface area contributed by atoms with E-state index in [-0.39, 0.29) is 11.8 Å². The number of carboxylic acid groups (broad SMARTS) is 1. The van der Waals surface area contributed by atoms with Gasteiger partial charge in [0.2, 0.25) is 0 Å². The summed E-state index contributed by atoms with van der Waals surface area (Å²) in [6, 6.07) is 9.33.